The molecule has 0 radical (unpaired) electrons. The minimum absolute atomic E-state index is 0.402. The molecular weight excluding hydrogens is 437 g/mol. The molecule has 33 heavy (non-hydrogen) atoms. The molecule has 9 heteroatoms. The number of rotatable bonds is 6. The largest absolute Gasteiger partial charge is 0.490 e. The fraction of sp³-hybridized carbons (Fsp3) is 0.417. The molecule has 0 aromatic heterocycles. The molecular formula is C24H29F3N2O4. The van der Waals surface area contributed by atoms with Crippen molar-refractivity contribution in [2.75, 3.05) is 13.6 Å². The number of hydrogen-bond donors (Lipinski definition) is 2. The number of hydrogen-bond acceptors (Lipinski definition) is 4. The van der Waals surface area contributed by atoms with Crippen LogP contribution in [-0.4, -0.2) is 41.7 Å². The van der Waals surface area contributed by atoms with Crippen LogP contribution in [0.1, 0.15) is 47.3 Å². The van der Waals surface area contributed by atoms with Gasteiger partial charge in [0.2, 0.25) is 5.91 Å². The molecule has 1 aliphatic rings. The van der Waals surface area contributed by atoms with Crippen molar-refractivity contribution >= 4 is 11.9 Å². The Morgan fingerprint density at radius 1 is 1.09 bits per heavy atom. The third-order valence-corrected chi connectivity index (χ3v) is 5.14. The second-order valence-corrected chi connectivity index (χ2v) is 8.45. The maximum absolute atomic E-state index is 11.4. The number of halogens is 3. The Balaban J connectivity index is 0.000000479. The van der Waals surface area contributed by atoms with Crippen LogP contribution < -0.4 is 10.5 Å². The molecule has 3 N–H and O–H groups in total. The summed E-state index contributed by atoms with van der Waals surface area (Å²) in [6.45, 7) is 6.56. The zero-order valence-corrected chi connectivity index (χ0v) is 18.9. The third kappa shape index (κ3) is 8.09. The number of fused-ring (bicyclic) bond motifs is 2. The lowest BCUT2D eigenvalue weighted by Gasteiger charge is -2.19. The summed E-state index contributed by atoms with van der Waals surface area (Å²) in [7, 11) is 2.17. The summed E-state index contributed by atoms with van der Waals surface area (Å²) in [5.41, 5.74) is 9.49. The van der Waals surface area contributed by atoms with Gasteiger partial charge in [-0.25, -0.2) is 4.79 Å². The Morgan fingerprint density at radius 3 is 2.15 bits per heavy atom. The summed E-state index contributed by atoms with van der Waals surface area (Å²) in [5.74, 6) is -0.713. The number of aliphatic carboxylic acids is 1. The maximum atomic E-state index is 11.4. The van der Waals surface area contributed by atoms with E-state index < -0.39 is 18.1 Å². The highest BCUT2D eigenvalue weighted by Crippen LogP contribution is 2.34. The quantitative estimate of drug-likeness (QED) is 0.639. The lowest BCUT2D eigenvalue weighted by atomic mass is 10.0. The minimum atomic E-state index is -5.08. The molecule has 0 saturated heterocycles. The number of nitrogens with zero attached hydrogens (tertiary/aromatic N) is 1. The molecule has 3 rings (SSSR count). The van der Waals surface area contributed by atoms with E-state index in [2.05, 4.69) is 44.0 Å². The topological polar surface area (TPSA) is 92.9 Å². The number of carboxylic acids is 1. The molecule has 0 atom stereocenters. The Bertz CT molecular complexity index is 990. The fourth-order valence-corrected chi connectivity index (χ4v) is 3.31. The second kappa shape index (κ2) is 11.2. The fourth-order valence-electron chi connectivity index (χ4n) is 3.31. The summed E-state index contributed by atoms with van der Waals surface area (Å²) in [5, 5.41) is 7.12. The van der Waals surface area contributed by atoms with Gasteiger partial charge >= 0.3 is 12.1 Å². The highest BCUT2D eigenvalue weighted by atomic mass is 19.4. The molecule has 180 valence electrons. The molecule has 0 fully saturated rings. The summed E-state index contributed by atoms with van der Waals surface area (Å²) in [6, 6.07) is 11.9. The number of primary amides is 1. The zero-order valence-electron chi connectivity index (χ0n) is 18.9. The first-order valence-corrected chi connectivity index (χ1v) is 10.6. The molecule has 2 aromatic rings. The number of carboxylic acid groups (broad SMARTS) is 1. The van der Waals surface area contributed by atoms with Gasteiger partial charge in [-0.2, -0.15) is 13.2 Å². The van der Waals surface area contributed by atoms with Crippen molar-refractivity contribution in [3.8, 4) is 11.5 Å². The predicted octanol–water partition coefficient (Wildman–Crippen LogP) is 4.79. The molecule has 2 aromatic carbocycles. The SMILES string of the molecule is CC(C)CCN(C)Cc1ccc2c(c1)CCc1cc(C(N)=O)ccc1O2.O=C(O)C(F)(F)F. The van der Waals surface area contributed by atoms with Crippen molar-refractivity contribution in [1.82, 2.24) is 4.90 Å². The molecule has 0 unspecified atom stereocenters. The van der Waals surface area contributed by atoms with E-state index in [0.29, 0.717) is 5.56 Å². The van der Waals surface area contributed by atoms with Crippen LogP contribution in [-0.2, 0) is 24.2 Å². The first-order chi connectivity index (χ1) is 15.4. The van der Waals surface area contributed by atoms with Crippen LogP contribution >= 0.6 is 0 Å². The van der Waals surface area contributed by atoms with Crippen molar-refractivity contribution < 1.29 is 32.6 Å². The number of alkyl halides is 3. The zero-order chi connectivity index (χ0) is 24.8. The van der Waals surface area contributed by atoms with Crippen LogP contribution in [0.4, 0.5) is 13.2 Å². The monoisotopic (exact) mass is 466 g/mol. The number of carbonyl (C=O) groups excluding carboxylic acids is 1. The lowest BCUT2D eigenvalue weighted by molar-refractivity contribution is -0.192. The standard InChI is InChI=1S/C22H28N2O2.C2HF3O2/c1-15(2)10-11-24(3)14-16-4-8-20-17(12-16)5-6-18-13-19(22(23)25)7-9-21(18)26-20;3-2(4,5)1(6)7/h4,7-9,12-13,15H,5-6,10-11,14H2,1-3H3,(H2,23,25);(H,6,7). The molecule has 0 spiro atoms. The Kier molecular flexibility index (Phi) is 8.87. The number of amides is 1. The van der Waals surface area contributed by atoms with Crippen LogP contribution in [0.3, 0.4) is 0 Å². The first-order valence-electron chi connectivity index (χ1n) is 10.6. The molecule has 0 aliphatic carbocycles. The molecule has 1 aliphatic heterocycles. The smallest absolute Gasteiger partial charge is 0.475 e. The van der Waals surface area contributed by atoms with Gasteiger partial charge in [-0.05, 0) is 79.7 Å². The third-order valence-electron chi connectivity index (χ3n) is 5.14. The van der Waals surface area contributed by atoms with E-state index in [1.165, 1.54) is 17.5 Å². The van der Waals surface area contributed by atoms with Gasteiger partial charge in [0.05, 0.1) is 0 Å². The van der Waals surface area contributed by atoms with E-state index in [9.17, 15) is 18.0 Å². The summed E-state index contributed by atoms with van der Waals surface area (Å²) < 4.78 is 37.8. The van der Waals surface area contributed by atoms with Crippen molar-refractivity contribution in [3.05, 3.63) is 58.7 Å². The maximum Gasteiger partial charge on any atom is 0.490 e. The first kappa shape index (κ1) is 26.2. The van der Waals surface area contributed by atoms with Crippen molar-refractivity contribution in [2.45, 2.75) is 45.8 Å². The number of nitrogens with two attached hydrogens (primary N) is 1. The second-order valence-electron chi connectivity index (χ2n) is 8.45. The highest BCUT2D eigenvalue weighted by molar-refractivity contribution is 5.93. The van der Waals surface area contributed by atoms with Gasteiger partial charge < -0.3 is 20.5 Å². The van der Waals surface area contributed by atoms with E-state index in [1.807, 2.05) is 12.1 Å². The molecule has 0 bridgehead atoms. The van der Waals surface area contributed by atoms with Crippen LogP contribution in [0.15, 0.2) is 36.4 Å². The van der Waals surface area contributed by atoms with E-state index in [-0.39, 0.29) is 0 Å². The Morgan fingerprint density at radius 2 is 1.64 bits per heavy atom. The predicted molar refractivity (Wildman–Crippen MR) is 118 cm³/mol. The van der Waals surface area contributed by atoms with E-state index in [0.717, 1.165) is 48.9 Å². The van der Waals surface area contributed by atoms with E-state index >= 15 is 0 Å². The van der Waals surface area contributed by atoms with Crippen molar-refractivity contribution in [3.63, 3.8) is 0 Å². The molecule has 6 nitrogen and oxygen atoms in total. The van der Waals surface area contributed by atoms with Crippen LogP contribution in [0.5, 0.6) is 11.5 Å². The number of aryl methyl sites for hydroxylation is 2. The van der Waals surface area contributed by atoms with Gasteiger partial charge in [-0.1, -0.05) is 26.0 Å². The van der Waals surface area contributed by atoms with Gasteiger partial charge in [0.25, 0.3) is 0 Å². The van der Waals surface area contributed by atoms with Crippen LogP contribution in [0, 0.1) is 5.92 Å². The van der Waals surface area contributed by atoms with Gasteiger partial charge in [0.15, 0.2) is 0 Å². The summed E-state index contributed by atoms with van der Waals surface area (Å²) in [6.07, 6.45) is -2.13. The highest BCUT2D eigenvalue weighted by Gasteiger charge is 2.38. The van der Waals surface area contributed by atoms with Crippen LogP contribution in [0.2, 0.25) is 0 Å². The normalized spacial score (nSPS) is 12.7. The van der Waals surface area contributed by atoms with E-state index in [4.69, 9.17) is 20.4 Å². The van der Waals surface area contributed by atoms with Gasteiger partial charge in [-0.3, -0.25) is 4.79 Å². The minimum Gasteiger partial charge on any atom is -0.475 e. The molecule has 1 amide bonds. The Hall–Kier alpha value is -3.07. The lowest BCUT2D eigenvalue weighted by Crippen LogP contribution is -2.21. The average Bonchev–Trinajstić information content (AvgIpc) is 2.90. The average molecular weight is 467 g/mol. The van der Waals surface area contributed by atoms with Gasteiger partial charge in [-0.15, -0.1) is 0 Å². The van der Waals surface area contributed by atoms with Gasteiger partial charge in [0, 0.05) is 12.1 Å². The summed E-state index contributed by atoms with van der Waals surface area (Å²) in [4.78, 5) is 22.7. The summed E-state index contributed by atoms with van der Waals surface area (Å²) >= 11 is 0. The molecule has 1 heterocycles. The van der Waals surface area contributed by atoms with Gasteiger partial charge in [0.1, 0.15) is 11.5 Å². The van der Waals surface area contributed by atoms with E-state index in [1.54, 1.807) is 6.07 Å². The van der Waals surface area contributed by atoms with Crippen molar-refractivity contribution in [2.24, 2.45) is 11.7 Å². The van der Waals surface area contributed by atoms with Crippen molar-refractivity contribution in [1.29, 1.82) is 0 Å². The molecule has 0 saturated carbocycles. The Labute approximate surface area is 191 Å². The van der Waals surface area contributed by atoms with Crippen LogP contribution in [0.25, 0.3) is 0 Å². The number of benzene rings is 2. The number of ether oxygens (including phenoxy) is 1. The number of carbonyl (C=O) groups is 2.